The molecule has 2 aromatic rings. The molecule has 35 heavy (non-hydrogen) atoms. The molecule has 2 aromatic heterocycles. The van der Waals surface area contributed by atoms with Crippen LogP contribution in [-0.2, 0) is 17.4 Å². The molecule has 0 aromatic carbocycles. The number of nitrogens with zero attached hydrogens (tertiary/aromatic N) is 5. The molecule has 0 unspecified atom stereocenters. The van der Waals surface area contributed by atoms with Crippen molar-refractivity contribution in [3.8, 4) is 5.75 Å². The first-order valence-corrected chi connectivity index (χ1v) is 11.6. The van der Waals surface area contributed by atoms with E-state index in [0.29, 0.717) is 42.6 Å². The average Bonchev–Trinajstić information content (AvgIpc) is 2.79. The highest BCUT2D eigenvalue weighted by atomic mass is 19.4. The highest BCUT2D eigenvalue weighted by molar-refractivity contribution is 6.08. The SMILES string of the molecule is Cc1nc(C(F)(F)F)ccc1O[C@H]1C[C@H](Nc2nc3c4c(n2)N(C)[C@@](C)(CO)C(=O)N4CCC3)C1. The van der Waals surface area contributed by atoms with Crippen LogP contribution in [0.1, 0.15) is 43.3 Å². The van der Waals surface area contributed by atoms with Gasteiger partial charge in [0.25, 0.3) is 5.91 Å². The van der Waals surface area contributed by atoms with Crippen molar-refractivity contribution >= 4 is 23.4 Å². The van der Waals surface area contributed by atoms with Gasteiger partial charge in [-0.3, -0.25) is 4.79 Å². The summed E-state index contributed by atoms with van der Waals surface area (Å²) in [6, 6.07) is 2.27. The second-order valence-electron chi connectivity index (χ2n) is 9.55. The van der Waals surface area contributed by atoms with Crippen LogP contribution in [0.25, 0.3) is 0 Å². The van der Waals surface area contributed by atoms with E-state index >= 15 is 0 Å². The van der Waals surface area contributed by atoms with E-state index in [0.717, 1.165) is 24.6 Å². The van der Waals surface area contributed by atoms with Gasteiger partial charge in [0.1, 0.15) is 28.8 Å². The van der Waals surface area contributed by atoms with Gasteiger partial charge >= 0.3 is 6.18 Å². The fourth-order valence-electron chi connectivity index (χ4n) is 4.77. The lowest BCUT2D eigenvalue weighted by Gasteiger charge is -2.48. The summed E-state index contributed by atoms with van der Waals surface area (Å²) in [6.45, 7) is 3.43. The molecule has 5 rings (SSSR count). The number of alkyl halides is 3. The molecular weight excluding hydrogens is 465 g/mol. The summed E-state index contributed by atoms with van der Waals surface area (Å²) < 4.78 is 44.3. The van der Waals surface area contributed by atoms with Crippen LogP contribution >= 0.6 is 0 Å². The molecule has 3 aliphatic rings. The van der Waals surface area contributed by atoms with E-state index in [4.69, 9.17) is 4.74 Å². The second-order valence-corrected chi connectivity index (χ2v) is 9.55. The lowest BCUT2D eigenvalue weighted by atomic mass is 9.89. The number of likely N-dealkylation sites (N-methyl/N-ethyl adjacent to an activating group) is 1. The predicted molar refractivity (Wildman–Crippen MR) is 122 cm³/mol. The summed E-state index contributed by atoms with van der Waals surface area (Å²) in [4.78, 5) is 29.4. The number of ether oxygens (including phenoxy) is 1. The molecular formula is C23H27F3N6O3. The Balaban J connectivity index is 1.28. The summed E-state index contributed by atoms with van der Waals surface area (Å²) in [5, 5.41) is 13.3. The van der Waals surface area contributed by atoms with Crippen molar-refractivity contribution in [2.45, 2.75) is 63.4 Å². The van der Waals surface area contributed by atoms with Gasteiger partial charge in [-0.05, 0) is 38.8 Å². The van der Waals surface area contributed by atoms with Crippen molar-refractivity contribution in [3.63, 3.8) is 0 Å². The van der Waals surface area contributed by atoms with Crippen LogP contribution in [0.3, 0.4) is 0 Å². The smallest absolute Gasteiger partial charge is 0.433 e. The zero-order valence-corrected chi connectivity index (χ0v) is 19.7. The van der Waals surface area contributed by atoms with Crippen molar-refractivity contribution in [2.75, 3.05) is 35.3 Å². The molecule has 1 amide bonds. The summed E-state index contributed by atoms with van der Waals surface area (Å²) in [7, 11) is 1.75. The molecule has 1 saturated carbocycles. The Labute approximate surface area is 200 Å². The molecule has 9 nitrogen and oxygen atoms in total. The largest absolute Gasteiger partial charge is 0.488 e. The molecule has 0 radical (unpaired) electrons. The number of aryl methyl sites for hydroxylation is 2. The van der Waals surface area contributed by atoms with Crippen LogP contribution in [-0.4, -0.2) is 63.8 Å². The minimum atomic E-state index is -4.49. The monoisotopic (exact) mass is 492 g/mol. The van der Waals surface area contributed by atoms with Gasteiger partial charge in [-0.1, -0.05) is 0 Å². The van der Waals surface area contributed by atoms with Crippen LogP contribution in [0.4, 0.5) is 30.6 Å². The van der Waals surface area contributed by atoms with Gasteiger partial charge in [0.15, 0.2) is 5.82 Å². The van der Waals surface area contributed by atoms with E-state index in [9.17, 15) is 23.1 Å². The van der Waals surface area contributed by atoms with Gasteiger partial charge in [-0.15, -0.1) is 0 Å². The van der Waals surface area contributed by atoms with Crippen molar-refractivity contribution in [1.82, 2.24) is 15.0 Å². The average molecular weight is 493 g/mol. The number of carbonyl (C=O) groups is 1. The van der Waals surface area contributed by atoms with Crippen LogP contribution in [0.5, 0.6) is 5.75 Å². The highest BCUT2D eigenvalue weighted by Gasteiger charge is 2.49. The first-order chi connectivity index (χ1) is 16.5. The topological polar surface area (TPSA) is 104 Å². The third-order valence-electron chi connectivity index (χ3n) is 7.12. The summed E-state index contributed by atoms with van der Waals surface area (Å²) in [5.74, 6) is 1.22. The number of hydrogen-bond acceptors (Lipinski definition) is 8. The van der Waals surface area contributed by atoms with Gasteiger partial charge in [0, 0.05) is 32.5 Å². The van der Waals surface area contributed by atoms with Crippen molar-refractivity contribution < 1.29 is 27.8 Å². The Kier molecular flexibility index (Phi) is 5.53. The minimum Gasteiger partial charge on any atom is -0.488 e. The van der Waals surface area contributed by atoms with Gasteiger partial charge < -0.3 is 25.0 Å². The van der Waals surface area contributed by atoms with E-state index in [1.165, 1.54) is 13.0 Å². The van der Waals surface area contributed by atoms with Crippen molar-refractivity contribution in [3.05, 3.63) is 29.2 Å². The summed E-state index contributed by atoms with van der Waals surface area (Å²) >= 11 is 0. The number of aliphatic hydroxyl groups excluding tert-OH is 1. The number of pyridine rings is 1. The molecule has 0 spiro atoms. The summed E-state index contributed by atoms with van der Waals surface area (Å²) in [5.41, 5.74) is -0.340. The highest BCUT2D eigenvalue weighted by Crippen LogP contribution is 2.43. The number of aromatic nitrogens is 3. The lowest BCUT2D eigenvalue weighted by Crippen LogP contribution is -2.64. The fourth-order valence-corrected chi connectivity index (χ4v) is 4.77. The lowest BCUT2D eigenvalue weighted by molar-refractivity contribution is -0.141. The van der Waals surface area contributed by atoms with E-state index in [-0.39, 0.29) is 30.4 Å². The van der Waals surface area contributed by atoms with Crippen molar-refractivity contribution in [1.29, 1.82) is 0 Å². The molecule has 1 fully saturated rings. The number of anilines is 3. The molecule has 0 saturated heterocycles. The number of nitrogens with one attached hydrogen (secondary N) is 1. The second kappa shape index (κ2) is 8.21. The van der Waals surface area contributed by atoms with E-state index in [2.05, 4.69) is 20.3 Å². The van der Waals surface area contributed by atoms with Gasteiger partial charge in [0.05, 0.1) is 18.0 Å². The number of aliphatic hydroxyl groups is 1. The Morgan fingerprint density at radius 1 is 1.26 bits per heavy atom. The number of hydrogen-bond donors (Lipinski definition) is 2. The maximum atomic E-state index is 13.0. The van der Waals surface area contributed by atoms with Gasteiger partial charge in [-0.25, -0.2) is 9.97 Å². The minimum absolute atomic E-state index is 0.0346. The van der Waals surface area contributed by atoms with Gasteiger partial charge in [0.2, 0.25) is 5.95 Å². The van der Waals surface area contributed by atoms with E-state index < -0.39 is 17.4 Å². The third-order valence-corrected chi connectivity index (χ3v) is 7.12. The first-order valence-electron chi connectivity index (χ1n) is 11.6. The Morgan fingerprint density at radius 3 is 2.66 bits per heavy atom. The predicted octanol–water partition coefficient (Wildman–Crippen LogP) is 2.70. The zero-order valence-electron chi connectivity index (χ0n) is 19.7. The van der Waals surface area contributed by atoms with Crippen LogP contribution in [0.2, 0.25) is 0 Å². The third kappa shape index (κ3) is 3.93. The molecule has 1 atom stereocenters. The van der Waals surface area contributed by atoms with Crippen LogP contribution < -0.4 is 19.9 Å². The van der Waals surface area contributed by atoms with Crippen molar-refractivity contribution in [2.24, 2.45) is 0 Å². The normalized spacial score (nSPS) is 25.7. The number of carbonyl (C=O) groups excluding carboxylic acids is 1. The fraction of sp³-hybridized carbons (Fsp3) is 0.565. The zero-order chi connectivity index (χ0) is 25.1. The Bertz CT molecular complexity index is 1170. The van der Waals surface area contributed by atoms with E-state index in [1.807, 2.05) is 0 Å². The number of halogens is 3. The van der Waals surface area contributed by atoms with Crippen LogP contribution in [0, 0.1) is 6.92 Å². The molecule has 12 heteroatoms. The van der Waals surface area contributed by atoms with E-state index in [1.54, 1.807) is 23.8 Å². The number of amides is 1. The first kappa shape index (κ1) is 23.6. The maximum Gasteiger partial charge on any atom is 0.433 e. The molecule has 4 heterocycles. The molecule has 2 aliphatic heterocycles. The number of rotatable bonds is 5. The van der Waals surface area contributed by atoms with Gasteiger partial charge in [-0.2, -0.15) is 18.2 Å². The molecule has 2 N–H and O–H groups in total. The molecule has 188 valence electrons. The quantitative estimate of drug-likeness (QED) is 0.657. The molecule has 1 aliphatic carbocycles. The standard InChI is InChI=1S/C23H27F3N6O3/c1-12-16(6-7-17(27-12)23(24,25)26)35-14-9-13(10-14)28-21-29-15-5-4-8-32-18(15)19(30-21)31(3)22(2,11-33)20(32)34/h6-7,13-14,33H,4-5,8-11H2,1-3H3,(H,28,29,30)/t13-,14-,22-/m0/s1. The Hall–Kier alpha value is -3.15. The van der Waals surface area contributed by atoms with Crippen LogP contribution in [0.15, 0.2) is 12.1 Å². The molecule has 0 bridgehead atoms. The maximum absolute atomic E-state index is 13.0. The Morgan fingerprint density at radius 2 is 2.00 bits per heavy atom. The summed E-state index contributed by atoms with van der Waals surface area (Å²) in [6.07, 6.45) is -1.88.